The number of allylic oxidation sites excluding steroid dienone is 1. The van der Waals surface area contributed by atoms with Crippen molar-refractivity contribution >= 4 is 34.5 Å². The van der Waals surface area contributed by atoms with Gasteiger partial charge in [-0.25, -0.2) is 4.98 Å². The molecule has 1 aliphatic carbocycles. The molecule has 0 bridgehead atoms. The summed E-state index contributed by atoms with van der Waals surface area (Å²) in [6.07, 6.45) is 7.97. The van der Waals surface area contributed by atoms with Crippen molar-refractivity contribution in [2.75, 3.05) is 16.8 Å². The molecule has 3 aromatic rings. The summed E-state index contributed by atoms with van der Waals surface area (Å²) in [6, 6.07) is 16.6. The van der Waals surface area contributed by atoms with Gasteiger partial charge in [0.1, 0.15) is 6.04 Å². The van der Waals surface area contributed by atoms with Gasteiger partial charge in [-0.2, -0.15) is 0 Å². The fraction of sp³-hybridized carbons (Fsp3) is 0.320. The van der Waals surface area contributed by atoms with E-state index in [-0.39, 0.29) is 18.2 Å². The lowest BCUT2D eigenvalue weighted by molar-refractivity contribution is -0.124. The molecule has 5 rings (SSSR count). The molecule has 1 atom stereocenters. The van der Waals surface area contributed by atoms with Crippen molar-refractivity contribution in [3.63, 3.8) is 0 Å². The average Bonchev–Trinajstić information content (AvgIpc) is 3.28. The van der Waals surface area contributed by atoms with Gasteiger partial charge in [0.05, 0.1) is 17.5 Å². The number of para-hydroxylation sites is 3. The van der Waals surface area contributed by atoms with Gasteiger partial charge in [0.15, 0.2) is 0 Å². The van der Waals surface area contributed by atoms with Crippen LogP contribution in [0.4, 0.5) is 11.6 Å². The number of nitrogens with zero attached hydrogens (tertiary/aromatic N) is 3. The molecule has 0 saturated heterocycles. The van der Waals surface area contributed by atoms with Crippen molar-refractivity contribution in [2.45, 2.75) is 44.6 Å². The first kappa shape index (κ1) is 19.5. The largest absolute Gasteiger partial charge is 0.326 e. The first-order valence-electron chi connectivity index (χ1n) is 11.0. The number of carbonyl (C=O) groups is 2. The van der Waals surface area contributed by atoms with Crippen LogP contribution in [0, 0.1) is 0 Å². The van der Waals surface area contributed by atoms with Crippen molar-refractivity contribution in [3.8, 4) is 0 Å². The van der Waals surface area contributed by atoms with Gasteiger partial charge in [-0.1, -0.05) is 42.0 Å². The number of amides is 2. The smallest absolute Gasteiger partial charge is 0.253 e. The summed E-state index contributed by atoms with van der Waals surface area (Å²) in [6.45, 7) is 0.602. The van der Waals surface area contributed by atoms with Crippen LogP contribution < -0.4 is 10.2 Å². The molecule has 0 radical (unpaired) electrons. The highest BCUT2D eigenvalue weighted by atomic mass is 16.2. The lowest BCUT2D eigenvalue weighted by Crippen LogP contribution is -2.32. The third kappa shape index (κ3) is 3.85. The number of imidazole rings is 1. The maximum atomic E-state index is 13.4. The summed E-state index contributed by atoms with van der Waals surface area (Å²) in [5.41, 5.74) is 3.89. The van der Waals surface area contributed by atoms with Crippen molar-refractivity contribution < 1.29 is 9.59 Å². The van der Waals surface area contributed by atoms with Crippen LogP contribution in [0.25, 0.3) is 11.0 Å². The van der Waals surface area contributed by atoms with E-state index in [4.69, 9.17) is 4.98 Å². The predicted octanol–water partition coefficient (Wildman–Crippen LogP) is 4.84. The Balaban J connectivity index is 1.41. The highest BCUT2D eigenvalue weighted by Crippen LogP contribution is 2.37. The molecule has 6 heteroatoms. The molecule has 2 aromatic carbocycles. The van der Waals surface area contributed by atoms with E-state index in [9.17, 15) is 9.59 Å². The van der Waals surface area contributed by atoms with E-state index < -0.39 is 6.04 Å². The van der Waals surface area contributed by atoms with Gasteiger partial charge < -0.3 is 5.32 Å². The van der Waals surface area contributed by atoms with Crippen LogP contribution >= 0.6 is 0 Å². The number of benzene rings is 2. The number of hydrogen-bond donors (Lipinski definition) is 1. The van der Waals surface area contributed by atoms with Gasteiger partial charge in [-0.05, 0) is 56.4 Å². The van der Waals surface area contributed by atoms with Crippen molar-refractivity contribution in [1.29, 1.82) is 0 Å². The lowest BCUT2D eigenvalue weighted by Gasteiger charge is -2.18. The van der Waals surface area contributed by atoms with Crippen molar-refractivity contribution in [1.82, 2.24) is 9.55 Å². The van der Waals surface area contributed by atoms with Crippen molar-refractivity contribution in [3.05, 3.63) is 66.2 Å². The molecule has 0 fully saturated rings. The standard InChI is InChI=1S/C25H26N4O2/c30-23(26-19-11-5-2-6-12-19)17-22-24(31)28(16-15-18-9-3-1-4-10-18)25-27-20-13-7-8-14-21(20)29(22)25/h2,5-9,11-14,22H,1,3-4,10,15-17H2,(H,26,30)/t22-/m1/s1. The van der Waals surface area contributed by atoms with E-state index in [0.717, 1.165) is 36.0 Å². The molecular formula is C25H26N4O2. The predicted molar refractivity (Wildman–Crippen MR) is 122 cm³/mol. The minimum Gasteiger partial charge on any atom is -0.326 e. The maximum absolute atomic E-state index is 13.4. The summed E-state index contributed by atoms with van der Waals surface area (Å²) in [5.74, 6) is 0.429. The minimum absolute atomic E-state index is 0.0483. The van der Waals surface area contributed by atoms with Gasteiger partial charge in [0, 0.05) is 12.2 Å². The monoisotopic (exact) mass is 414 g/mol. The second kappa shape index (κ2) is 8.38. The highest BCUT2D eigenvalue weighted by molar-refractivity contribution is 6.05. The van der Waals surface area contributed by atoms with Gasteiger partial charge >= 0.3 is 0 Å². The molecule has 2 aliphatic rings. The van der Waals surface area contributed by atoms with Gasteiger partial charge in [0.25, 0.3) is 5.91 Å². The SMILES string of the molecule is O=C(C[C@@H]1C(=O)N(CCC2=CCCCC2)c2nc3ccccc3n21)Nc1ccccc1. The molecule has 1 aromatic heterocycles. The average molecular weight is 415 g/mol. The normalized spacial score (nSPS) is 18.2. The first-order valence-corrected chi connectivity index (χ1v) is 11.0. The molecule has 0 saturated carbocycles. The van der Waals surface area contributed by atoms with E-state index in [0.29, 0.717) is 12.5 Å². The second-order valence-corrected chi connectivity index (χ2v) is 8.25. The molecule has 0 unspecified atom stereocenters. The Bertz CT molecular complexity index is 1150. The van der Waals surface area contributed by atoms with Crippen LogP contribution in [0.1, 0.15) is 44.6 Å². The van der Waals surface area contributed by atoms with E-state index in [1.54, 1.807) is 4.90 Å². The number of nitrogens with one attached hydrogen (secondary N) is 1. The Morgan fingerprint density at radius 3 is 2.68 bits per heavy atom. The van der Waals surface area contributed by atoms with Crippen molar-refractivity contribution in [2.24, 2.45) is 0 Å². The van der Waals surface area contributed by atoms with E-state index in [2.05, 4.69) is 11.4 Å². The molecular weight excluding hydrogens is 388 g/mol. The van der Waals surface area contributed by atoms with E-state index in [1.165, 1.54) is 18.4 Å². The molecule has 1 aliphatic heterocycles. The number of hydrogen-bond acceptors (Lipinski definition) is 3. The van der Waals surface area contributed by atoms with Crippen LogP contribution in [0.3, 0.4) is 0 Å². The molecule has 158 valence electrons. The fourth-order valence-corrected chi connectivity index (χ4v) is 4.60. The summed E-state index contributed by atoms with van der Waals surface area (Å²) in [4.78, 5) is 32.7. The molecule has 6 nitrogen and oxygen atoms in total. The molecule has 0 spiro atoms. The Morgan fingerprint density at radius 1 is 1.06 bits per heavy atom. The van der Waals surface area contributed by atoms with Gasteiger partial charge in [-0.15, -0.1) is 0 Å². The van der Waals surface area contributed by atoms with E-state index >= 15 is 0 Å². The summed E-state index contributed by atoms with van der Waals surface area (Å²) >= 11 is 0. The van der Waals surface area contributed by atoms with Gasteiger partial charge in [-0.3, -0.25) is 19.1 Å². The topological polar surface area (TPSA) is 67.2 Å². The molecule has 31 heavy (non-hydrogen) atoms. The molecule has 1 N–H and O–H groups in total. The number of anilines is 2. The number of carbonyl (C=O) groups excluding carboxylic acids is 2. The Morgan fingerprint density at radius 2 is 1.87 bits per heavy atom. The van der Waals surface area contributed by atoms with Gasteiger partial charge in [0.2, 0.25) is 11.9 Å². The quantitative estimate of drug-likeness (QED) is 0.587. The number of rotatable bonds is 6. The lowest BCUT2D eigenvalue weighted by atomic mass is 9.97. The summed E-state index contributed by atoms with van der Waals surface area (Å²) < 4.78 is 1.94. The van der Waals surface area contributed by atoms with Crippen LogP contribution in [0.2, 0.25) is 0 Å². The Kier molecular flexibility index (Phi) is 5.28. The zero-order valence-electron chi connectivity index (χ0n) is 17.5. The van der Waals surface area contributed by atoms with E-state index in [1.807, 2.05) is 59.2 Å². The zero-order chi connectivity index (χ0) is 21.2. The minimum atomic E-state index is -0.577. The molecule has 2 amide bonds. The molecule has 2 heterocycles. The Hall–Kier alpha value is -3.41. The first-order chi connectivity index (χ1) is 15.2. The number of fused-ring (bicyclic) bond motifs is 3. The number of aromatic nitrogens is 2. The summed E-state index contributed by atoms with van der Waals surface area (Å²) in [7, 11) is 0. The fourth-order valence-electron chi connectivity index (χ4n) is 4.60. The van der Waals surface area contributed by atoms with Crippen LogP contribution in [-0.2, 0) is 9.59 Å². The maximum Gasteiger partial charge on any atom is 0.253 e. The van der Waals surface area contributed by atoms with Crippen LogP contribution in [0.15, 0.2) is 66.2 Å². The highest BCUT2D eigenvalue weighted by Gasteiger charge is 2.40. The second-order valence-electron chi connectivity index (χ2n) is 8.25. The summed E-state index contributed by atoms with van der Waals surface area (Å²) in [5, 5.41) is 2.91. The Labute approximate surface area is 181 Å². The zero-order valence-corrected chi connectivity index (χ0v) is 17.5. The van der Waals surface area contributed by atoms with Crippen LogP contribution in [0.5, 0.6) is 0 Å². The third-order valence-corrected chi connectivity index (χ3v) is 6.16. The third-order valence-electron chi connectivity index (χ3n) is 6.16. The van der Waals surface area contributed by atoms with Crippen LogP contribution in [-0.4, -0.2) is 27.9 Å².